The number of rotatable bonds is 9. The summed E-state index contributed by atoms with van der Waals surface area (Å²) in [5.74, 6) is 0. The second-order valence-electron chi connectivity index (χ2n) is 5.42. The molecule has 0 radical (unpaired) electrons. The third-order valence-corrected chi connectivity index (χ3v) is 3.98. The number of halogens is 1. The summed E-state index contributed by atoms with van der Waals surface area (Å²) >= 11 is 6.36. The van der Waals surface area contributed by atoms with E-state index in [1.807, 2.05) is 6.07 Å². The van der Waals surface area contributed by atoms with Crippen LogP contribution in [0, 0.1) is 6.92 Å². The van der Waals surface area contributed by atoms with Gasteiger partial charge in [-0.05, 0) is 49.9 Å². The fourth-order valence-corrected chi connectivity index (χ4v) is 2.80. The maximum Gasteiger partial charge on any atom is 0.0727 e. The highest BCUT2D eigenvalue weighted by atomic mass is 35.5. The molecule has 0 heterocycles. The third kappa shape index (κ3) is 5.43. The molecule has 1 rings (SSSR count). The van der Waals surface area contributed by atoms with E-state index in [0.717, 1.165) is 37.3 Å². The molecular weight excluding hydrogens is 270 g/mol. The van der Waals surface area contributed by atoms with E-state index in [-0.39, 0.29) is 6.10 Å². The highest BCUT2D eigenvalue weighted by Crippen LogP contribution is 2.21. The topological polar surface area (TPSA) is 21.3 Å². The summed E-state index contributed by atoms with van der Waals surface area (Å²) in [5, 5.41) is 4.47. The standard InChI is InChI=1S/C17H28ClNO/c1-5-7-17(20-4)16(19-10-6-2)12-14-9-8-13(3)11-15(14)18/h8-9,11,16-17,19H,5-7,10,12H2,1-4H3. The Morgan fingerprint density at radius 1 is 1.25 bits per heavy atom. The molecule has 0 aromatic heterocycles. The zero-order valence-corrected chi connectivity index (χ0v) is 14.0. The van der Waals surface area contributed by atoms with Gasteiger partial charge in [-0.1, -0.05) is 44.0 Å². The zero-order valence-electron chi connectivity index (χ0n) is 13.2. The number of hydrogen-bond acceptors (Lipinski definition) is 2. The van der Waals surface area contributed by atoms with Crippen LogP contribution in [0.5, 0.6) is 0 Å². The van der Waals surface area contributed by atoms with E-state index < -0.39 is 0 Å². The van der Waals surface area contributed by atoms with Gasteiger partial charge in [0.2, 0.25) is 0 Å². The van der Waals surface area contributed by atoms with Gasteiger partial charge in [-0.25, -0.2) is 0 Å². The molecule has 0 fully saturated rings. The second kappa shape index (κ2) is 9.38. The fraction of sp³-hybridized carbons (Fsp3) is 0.647. The van der Waals surface area contributed by atoms with Crippen molar-refractivity contribution >= 4 is 11.6 Å². The number of ether oxygens (including phenoxy) is 1. The summed E-state index contributed by atoms with van der Waals surface area (Å²) in [6.45, 7) is 7.46. The van der Waals surface area contributed by atoms with Gasteiger partial charge in [0.25, 0.3) is 0 Å². The third-order valence-electron chi connectivity index (χ3n) is 3.63. The number of nitrogens with one attached hydrogen (secondary N) is 1. The minimum absolute atomic E-state index is 0.240. The van der Waals surface area contributed by atoms with Crippen molar-refractivity contribution < 1.29 is 4.74 Å². The smallest absolute Gasteiger partial charge is 0.0727 e. The molecule has 0 saturated heterocycles. The zero-order chi connectivity index (χ0) is 15.0. The van der Waals surface area contributed by atoms with Crippen LogP contribution in [0.4, 0.5) is 0 Å². The monoisotopic (exact) mass is 297 g/mol. The van der Waals surface area contributed by atoms with Crippen molar-refractivity contribution in [1.29, 1.82) is 0 Å². The summed E-state index contributed by atoms with van der Waals surface area (Å²) in [6, 6.07) is 6.62. The minimum Gasteiger partial charge on any atom is -0.380 e. The van der Waals surface area contributed by atoms with Gasteiger partial charge in [0.05, 0.1) is 6.10 Å². The molecule has 1 aromatic rings. The van der Waals surface area contributed by atoms with Crippen molar-refractivity contribution in [2.24, 2.45) is 0 Å². The summed E-state index contributed by atoms with van der Waals surface area (Å²) in [5.41, 5.74) is 2.40. The average molecular weight is 298 g/mol. The van der Waals surface area contributed by atoms with Crippen LogP contribution in [-0.4, -0.2) is 25.8 Å². The predicted octanol–water partition coefficient (Wildman–Crippen LogP) is 4.37. The van der Waals surface area contributed by atoms with E-state index in [4.69, 9.17) is 16.3 Å². The molecule has 2 unspecified atom stereocenters. The quantitative estimate of drug-likeness (QED) is 0.730. The fourth-order valence-electron chi connectivity index (χ4n) is 2.49. The molecule has 0 bridgehead atoms. The van der Waals surface area contributed by atoms with E-state index in [9.17, 15) is 0 Å². The van der Waals surface area contributed by atoms with Crippen LogP contribution in [0.15, 0.2) is 18.2 Å². The Balaban J connectivity index is 2.81. The van der Waals surface area contributed by atoms with Crippen LogP contribution in [0.2, 0.25) is 5.02 Å². The maximum absolute atomic E-state index is 6.36. The Kier molecular flexibility index (Phi) is 8.20. The van der Waals surface area contributed by atoms with Gasteiger partial charge in [0.1, 0.15) is 0 Å². The van der Waals surface area contributed by atoms with Crippen molar-refractivity contribution in [3.05, 3.63) is 34.3 Å². The van der Waals surface area contributed by atoms with Crippen LogP contribution in [0.25, 0.3) is 0 Å². The van der Waals surface area contributed by atoms with Crippen molar-refractivity contribution in [3.8, 4) is 0 Å². The molecule has 20 heavy (non-hydrogen) atoms. The van der Waals surface area contributed by atoms with Crippen LogP contribution < -0.4 is 5.32 Å². The van der Waals surface area contributed by atoms with E-state index in [2.05, 4.69) is 38.2 Å². The molecule has 0 aliphatic heterocycles. The molecule has 2 nitrogen and oxygen atoms in total. The molecule has 1 aromatic carbocycles. The van der Waals surface area contributed by atoms with Gasteiger partial charge in [-0.2, -0.15) is 0 Å². The highest BCUT2D eigenvalue weighted by Gasteiger charge is 2.21. The molecule has 0 saturated carbocycles. The molecule has 114 valence electrons. The van der Waals surface area contributed by atoms with Crippen LogP contribution in [0.1, 0.15) is 44.2 Å². The molecule has 0 aliphatic carbocycles. The molecule has 0 aliphatic rings. The van der Waals surface area contributed by atoms with Crippen molar-refractivity contribution in [2.45, 2.75) is 58.6 Å². The lowest BCUT2D eigenvalue weighted by atomic mass is 9.97. The first-order chi connectivity index (χ1) is 9.62. The van der Waals surface area contributed by atoms with Crippen LogP contribution in [0.3, 0.4) is 0 Å². The highest BCUT2D eigenvalue weighted by molar-refractivity contribution is 6.31. The average Bonchev–Trinajstić information content (AvgIpc) is 2.43. The lowest BCUT2D eigenvalue weighted by Crippen LogP contribution is -2.43. The van der Waals surface area contributed by atoms with E-state index >= 15 is 0 Å². The predicted molar refractivity (Wildman–Crippen MR) is 87.7 cm³/mol. The Morgan fingerprint density at radius 3 is 2.55 bits per heavy atom. The Bertz CT molecular complexity index is 395. The Labute approximate surface area is 128 Å². The van der Waals surface area contributed by atoms with Gasteiger partial charge in [0, 0.05) is 18.2 Å². The lowest BCUT2D eigenvalue weighted by Gasteiger charge is -2.27. The van der Waals surface area contributed by atoms with E-state index in [0.29, 0.717) is 6.04 Å². The van der Waals surface area contributed by atoms with Gasteiger partial charge in [0.15, 0.2) is 0 Å². The van der Waals surface area contributed by atoms with Crippen molar-refractivity contribution in [3.63, 3.8) is 0 Å². The first-order valence-corrected chi connectivity index (χ1v) is 8.01. The van der Waals surface area contributed by atoms with Gasteiger partial charge >= 0.3 is 0 Å². The van der Waals surface area contributed by atoms with Crippen LogP contribution in [-0.2, 0) is 11.2 Å². The van der Waals surface area contributed by atoms with Gasteiger partial charge in [-0.3, -0.25) is 0 Å². The summed E-state index contributed by atoms with van der Waals surface area (Å²) in [7, 11) is 1.80. The normalized spacial score (nSPS) is 14.2. The van der Waals surface area contributed by atoms with Crippen molar-refractivity contribution in [1.82, 2.24) is 5.32 Å². The van der Waals surface area contributed by atoms with E-state index in [1.165, 1.54) is 11.1 Å². The Hall–Kier alpha value is -0.570. The summed E-state index contributed by atoms with van der Waals surface area (Å²) in [4.78, 5) is 0. The largest absolute Gasteiger partial charge is 0.380 e. The number of methoxy groups -OCH3 is 1. The number of benzene rings is 1. The van der Waals surface area contributed by atoms with Gasteiger partial charge < -0.3 is 10.1 Å². The first kappa shape index (κ1) is 17.5. The Morgan fingerprint density at radius 2 is 2.00 bits per heavy atom. The summed E-state index contributed by atoms with van der Waals surface area (Å²) < 4.78 is 5.68. The molecule has 2 atom stereocenters. The van der Waals surface area contributed by atoms with E-state index in [1.54, 1.807) is 7.11 Å². The molecule has 0 amide bonds. The minimum atomic E-state index is 0.240. The first-order valence-electron chi connectivity index (χ1n) is 7.63. The van der Waals surface area contributed by atoms with Gasteiger partial charge in [-0.15, -0.1) is 0 Å². The number of hydrogen-bond donors (Lipinski definition) is 1. The number of aryl methyl sites for hydroxylation is 1. The second-order valence-corrected chi connectivity index (χ2v) is 5.83. The molecule has 3 heteroatoms. The van der Waals surface area contributed by atoms with Crippen LogP contribution >= 0.6 is 11.6 Å². The van der Waals surface area contributed by atoms with Crippen molar-refractivity contribution in [2.75, 3.05) is 13.7 Å². The SMILES string of the molecule is CCCNC(Cc1ccc(C)cc1Cl)C(CCC)OC. The molecule has 1 N–H and O–H groups in total. The maximum atomic E-state index is 6.36. The summed E-state index contributed by atoms with van der Waals surface area (Å²) in [6.07, 6.45) is 4.48. The molecular formula is C17H28ClNO. The molecule has 0 spiro atoms. The lowest BCUT2D eigenvalue weighted by molar-refractivity contribution is 0.0609.